The van der Waals surface area contributed by atoms with Crippen molar-refractivity contribution in [2.75, 3.05) is 6.61 Å². The zero-order valence-corrected chi connectivity index (χ0v) is 11.5. The van der Waals surface area contributed by atoms with Crippen LogP contribution in [0.1, 0.15) is 18.5 Å². The molecule has 2 atom stereocenters. The zero-order chi connectivity index (χ0) is 13.0. The van der Waals surface area contributed by atoms with E-state index in [0.717, 1.165) is 0 Å². The fraction of sp³-hybridized carbons (Fsp3) is 0.364. The summed E-state index contributed by atoms with van der Waals surface area (Å²) in [5.74, 6) is -0.957. The standard InChI is InChI=1S/C11H12BrClFNO2/c1-2-17-11(16)9(14)10(15)7-4-3-6(13)5-8(7)12/h3-5,9-10H,2,15H2,1H3/t9?,10-/m0/s1. The van der Waals surface area contributed by atoms with Crippen molar-refractivity contribution in [1.29, 1.82) is 0 Å². The number of halogens is 3. The molecule has 2 N–H and O–H groups in total. The van der Waals surface area contributed by atoms with Crippen LogP contribution in [-0.2, 0) is 9.53 Å². The average Bonchev–Trinajstić information content (AvgIpc) is 2.27. The van der Waals surface area contributed by atoms with E-state index >= 15 is 0 Å². The Morgan fingerprint density at radius 1 is 1.65 bits per heavy atom. The quantitative estimate of drug-likeness (QED) is 0.866. The lowest BCUT2D eigenvalue weighted by Gasteiger charge is -2.17. The van der Waals surface area contributed by atoms with Gasteiger partial charge in [0.25, 0.3) is 0 Å². The topological polar surface area (TPSA) is 52.3 Å². The first kappa shape index (κ1) is 14.4. The predicted molar refractivity (Wildman–Crippen MR) is 67.6 cm³/mol. The minimum absolute atomic E-state index is 0.119. The summed E-state index contributed by atoms with van der Waals surface area (Å²) >= 11 is 8.98. The van der Waals surface area contributed by atoms with Gasteiger partial charge in [-0.1, -0.05) is 33.6 Å². The normalized spacial score (nSPS) is 14.2. The van der Waals surface area contributed by atoms with Gasteiger partial charge in [0.15, 0.2) is 0 Å². The molecular weight excluding hydrogens is 312 g/mol. The Balaban J connectivity index is 2.88. The van der Waals surface area contributed by atoms with Crippen molar-refractivity contribution in [3.63, 3.8) is 0 Å². The highest BCUT2D eigenvalue weighted by Crippen LogP contribution is 2.28. The summed E-state index contributed by atoms with van der Waals surface area (Å²) in [6.07, 6.45) is -1.90. The molecule has 0 amide bonds. The molecule has 1 aromatic rings. The summed E-state index contributed by atoms with van der Waals surface area (Å²) in [6.45, 7) is 1.72. The molecule has 0 aliphatic carbocycles. The number of benzene rings is 1. The van der Waals surface area contributed by atoms with Gasteiger partial charge < -0.3 is 10.5 Å². The second-order valence-electron chi connectivity index (χ2n) is 3.35. The van der Waals surface area contributed by atoms with Gasteiger partial charge in [0.05, 0.1) is 12.6 Å². The zero-order valence-electron chi connectivity index (χ0n) is 9.12. The van der Waals surface area contributed by atoms with Gasteiger partial charge in [-0.25, -0.2) is 9.18 Å². The molecule has 17 heavy (non-hydrogen) atoms. The van der Waals surface area contributed by atoms with E-state index in [9.17, 15) is 9.18 Å². The minimum Gasteiger partial charge on any atom is -0.464 e. The van der Waals surface area contributed by atoms with Crippen molar-refractivity contribution in [1.82, 2.24) is 0 Å². The van der Waals surface area contributed by atoms with Gasteiger partial charge in [-0.05, 0) is 24.6 Å². The van der Waals surface area contributed by atoms with Gasteiger partial charge in [-0.2, -0.15) is 0 Å². The van der Waals surface area contributed by atoms with E-state index in [-0.39, 0.29) is 6.61 Å². The molecule has 0 aliphatic heterocycles. The van der Waals surface area contributed by atoms with Crippen molar-refractivity contribution in [2.45, 2.75) is 19.1 Å². The molecule has 0 saturated heterocycles. The highest BCUT2D eigenvalue weighted by Gasteiger charge is 2.28. The number of ether oxygens (including phenoxy) is 1. The Morgan fingerprint density at radius 2 is 2.29 bits per heavy atom. The van der Waals surface area contributed by atoms with Crippen LogP contribution in [0, 0.1) is 0 Å². The molecule has 1 aromatic carbocycles. The predicted octanol–water partition coefficient (Wildman–Crippen LogP) is 3.00. The van der Waals surface area contributed by atoms with E-state index in [0.29, 0.717) is 15.1 Å². The van der Waals surface area contributed by atoms with Crippen LogP contribution in [0.4, 0.5) is 4.39 Å². The van der Waals surface area contributed by atoms with Crippen LogP contribution >= 0.6 is 27.5 Å². The molecular formula is C11H12BrClFNO2. The van der Waals surface area contributed by atoms with Crippen LogP contribution in [0.15, 0.2) is 22.7 Å². The van der Waals surface area contributed by atoms with Crippen LogP contribution in [0.25, 0.3) is 0 Å². The number of hydrogen-bond donors (Lipinski definition) is 1. The summed E-state index contributed by atoms with van der Waals surface area (Å²) in [7, 11) is 0. The van der Waals surface area contributed by atoms with Gasteiger partial charge in [0.1, 0.15) is 0 Å². The molecule has 0 radical (unpaired) electrons. The van der Waals surface area contributed by atoms with Crippen LogP contribution < -0.4 is 5.73 Å². The maximum atomic E-state index is 13.7. The number of nitrogens with two attached hydrogens (primary N) is 1. The summed E-state index contributed by atoms with van der Waals surface area (Å²) in [4.78, 5) is 11.2. The second-order valence-corrected chi connectivity index (χ2v) is 4.64. The minimum atomic E-state index is -1.90. The van der Waals surface area contributed by atoms with Gasteiger partial charge in [0.2, 0.25) is 6.17 Å². The van der Waals surface area contributed by atoms with E-state index in [1.54, 1.807) is 25.1 Å². The highest BCUT2D eigenvalue weighted by molar-refractivity contribution is 9.10. The Morgan fingerprint density at radius 3 is 2.82 bits per heavy atom. The third-order valence-electron chi connectivity index (χ3n) is 2.15. The van der Waals surface area contributed by atoms with Crippen LogP contribution in [-0.4, -0.2) is 18.7 Å². The molecule has 0 heterocycles. The van der Waals surface area contributed by atoms with Crippen LogP contribution in [0.2, 0.25) is 5.02 Å². The van der Waals surface area contributed by atoms with Crippen molar-refractivity contribution in [2.24, 2.45) is 5.73 Å². The molecule has 94 valence electrons. The first-order valence-electron chi connectivity index (χ1n) is 4.98. The average molecular weight is 325 g/mol. The molecule has 1 rings (SSSR count). The summed E-state index contributed by atoms with van der Waals surface area (Å²) in [6, 6.07) is 3.66. The summed E-state index contributed by atoms with van der Waals surface area (Å²) in [5, 5.41) is 0.499. The molecule has 1 unspecified atom stereocenters. The molecule has 0 saturated carbocycles. The summed E-state index contributed by atoms with van der Waals surface area (Å²) in [5.41, 5.74) is 6.14. The van der Waals surface area contributed by atoms with Gasteiger partial charge in [0, 0.05) is 9.50 Å². The number of hydrogen-bond acceptors (Lipinski definition) is 3. The monoisotopic (exact) mass is 323 g/mol. The maximum Gasteiger partial charge on any atom is 0.342 e. The first-order valence-corrected chi connectivity index (χ1v) is 6.15. The molecule has 0 fully saturated rings. The Kier molecular flexibility index (Phi) is 5.36. The number of rotatable bonds is 4. The lowest BCUT2D eigenvalue weighted by atomic mass is 10.0. The Bertz CT molecular complexity index is 416. The fourth-order valence-electron chi connectivity index (χ4n) is 1.30. The maximum absolute atomic E-state index is 13.7. The first-order chi connectivity index (χ1) is 7.97. The Hall–Kier alpha value is -0.650. The highest BCUT2D eigenvalue weighted by atomic mass is 79.9. The molecule has 3 nitrogen and oxygen atoms in total. The van der Waals surface area contributed by atoms with Crippen molar-refractivity contribution < 1.29 is 13.9 Å². The third kappa shape index (κ3) is 3.66. The second kappa shape index (κ2) is 6.33. The smallest absolute Gasteiger partial charge is 0.342 e. The Labute approximate surface area is 112 Å². The molecule has 0 spiro atoms. The number of alkyl halides is 1. The van der Waals surface area contributed by atoms with E-state index < -0.39 is 18.2 Å². The van der Waals surface area contributed by atoms with Crippen molar-refractivity contribution in [3.05, 3.63) is 33.3 Å². The largest absolute Gasteiger partial charge is 0.464 e. The third-order valence-corrected chi connectivity index (χ3v) is 3.07. The summed E-state index contributed by atoms with van der Waals surface area (Å²) < 4.78 is 18.8. The lowest BCUT2D eigenvalue weighted by Crippen LogP contribution is -2.31. The van der Waals surface area contributed by atoms with Gasteiger partial charge in [-0.15, -0.1) is 0 Å². The van der Waals surface area contributed by atoms with E-state index in [2.05, 4.69) is 20.7 Å². The molecule has 0 bridgehead atoms. The van der Waals surface area contributed by atoms with E-state index in [1.807, 2.05) is 0 Å². The van der Waals surface area contributed by atoms with Gasteiger partial charge >= 0.3 is 5.97 Å². The van der Waals surface area contributed by atoms with Crippen molar-refractivity contribution >= 4 is 33.5 Å². The fourth-order valence-corrected chi connectivity index (χ4v) is 2.24. The molecule has 0 aliphatic rings. The van der Waals surface area contributed by atoms with Gasteiger partial charge in [-0.3, -0.25) is 0 Å². The SMILES string of the molecule is CCOC(=O)C(F)[C@@H](N)c1ccc(Cl)cc1Br. The van der Waals surface area contributed by atoms with E-state index in [1.165, 1.54) is 0 Å². The number of carbonyl (C=O) groups is 1. The van der Waals surface area contributed by atoms with Crippen LogP contribution in [0.5, 0.6) is 0 Å². The van der Waals surface area contributed by atoms with Crippen LogP contribution in [0.3, 0.4) is 0 Å². The number of esters is 1. The number of carbonyl (C=O) groups excluding carboxylic acids is 1. The van der Waals surface area contributed by atoms with Crippen molar-refractivity contribution in [3.8, 4) is 0 Å². The molecule has 6 heteroatoms. The van der Waals surface area contributed by atoms with E-state index in [4.69, 9.17) is 17.3 Å². The molecule has 0 aromatic heterocycles. The lowest BCUT2D eigenvalue weighted by molar-refractivity contribution is -0.149.